The molecule has 0 heterocycles. The van der Waals surface area contributed by atoms with E-state index in [-0.39, 0.29) is 54.9 Å². The number of benzene rings is 12. The van der Waals surface area contributed by atoms with Gasteiger partial charge in [-0.15, -0.1) is 0 Å². The van der Waals surface area contributed by atoms with Crippen LogP contribution in [0.5, 0.6) is 23.0 Å². The van der Waals surface area contributed by atoms with Gasteiger partial charge in [0.15, 0.2) is 0 Å². The van der Waals surface area contributed by atoms with E-state index in [4.69, 9.17) is 20.2 Å². The summed E-state index contributed by atoms with van der Waals surface area (Å²) in [6.45, 7) is 0. The van der Waals surface area contributed by atoms with Gasteiger partial charge in [-0.2, -0.15) is 0 Å². The standard InChI is InChI=1S/C60H46N2O2.2C6H6O.Hf.H2O/c63-59-45(35-43-23-9-13-27-49(43)57(59)55-47-25-11-7-21-41(47)31-33-51(55)39-17-3-1-4-18-39)37-61-53-29-15-16-30-54(53)62-38-46-36-44-24-10-14-28-50(44)58(60(46)64)56-48-26-12-8-22-42(48)32-34-52(56)40-19-5-2-6-20-40;2*7-6-4-2-1-3-5-6;;/h1-14,17-28,31-38,53-54,63-64H,15-16,29-30H2;2*1-5,7H;;1H2/p+1. The van der Waals surface area contributed by atoms with E-state index < -0.39 is 0 Å². The molecule has 2 atom stereocenters. The molecule has 7 nitrogen and oxygen atoms in total. The first-order chi connectivity index (χ1) is 38.4. The van der Waals surface area contributed by atoms with Gasteiger partial charge in [0, 0.05) is 71.7 Å². The molecular weight excluding hydrogens is 1150 g/mol. The fraction of sp³-hybridized carbons (Fsp3) is 0.0833. The van der Waals surface area contributed by atoms with Crippen LogP contribution in [0.1, 0.15) is 36.8 Å². The van der Waals surface area contributed by atoms with E-state index in [2.05, 4.69) is 158 Å². The van der Waals surface area contributed by atoms with Gasteiger partial charge in [-0.25, -0.2) is 0 Å². The van der Waals surface area contributed by atoms with E-state index in [0.717, 1.165) is 113 Å². The summed E-state index contributed by atoms with van der Waals surface area (Å²) in [7, 11) is 0. The van der Waals surface area contributed by atoms with E-state index in [1.807, 2.05) is 61.0 Å². The summed E-state index contributed by atoms with van der Waals surface area (Å²) in [4.78, 5) is 10.5. The number of nitrogens with zero attached hydrogens (tertiary/aromatic N) is 2. The predicted molar refractivity (Wildman–Crippen MR) is 330 cm³/mol. The molecule has 7 N–H and O–H groups in total. The fourth-order valence-corrected chi connectivity index (χ4v) is 10.9. The van der Waals surface area contributed by atoms with E-state index in [1.165, 1.54) is 0 Å². The van der Waals surface area contributed by atoms with Gasteiger partial charge in [0.1, 0.15) is 23.0 Å². The second-order valence-electron chi connectivity index (χ2n) is 19.6. The zero-order valence-corrected chi connectivity index (χ0v) is 47.7. The topological polar surface area (TPSA) is 139 Å². The summed E-state index contributed by atoms with van der Waals surface area (Å²) in [5.41, 5.74) is 9.27. The average Bonchev–Trinajstić information content (AvgIpc) is 3.61. The maximum absolute atomic E-state index is 12.5. The molecule has 1 aliphatic carbocycles. The number of phenols is 4. The molecule has 1 saturated carbocycles. The van der Waals surface area contributed by atoms with Crippen LogP contribution in [0, 0.1) is 0 Å². The number of phenolic OH excluding ortho intramolecular Hbond substituents is 4. The van der Waals surface area contributed by atoms with Crippen molar-refractivity contribution in [1.82, 2.24) is 0 Å². The number of fused-ring (bicyclic) bond motifs is 4. The summed E-state index contributed by atoms with van der Waals surface area (Å²) in [6, 6.07) is 84.3. The molecule has 0 saturated heterocycles. The smallest absolute Gasteiger partial charge is 0.132 e. The zero-order chi connectivity index (χ0) is 53.2. The maximum Gasteiger partial charge on any atom is 0.132 e. The summed E-state index contributed by atoms with van der Waals surface area (Å²) >= 11 is 0. The third-order valence-electron chi connectivity index (χ3n) is 14.6. The molecule has 8 heteroatoms. The molecule has 80 heavy (non-hydrogen) atoms. The Balaban J connectivity index is 0.000000424. The van der Waals surface area contributed by atoms with Crippen molar-refractivity contribution in [1.29, 1.82) is 0 Å². The Labute approximate surface area is 485 Å². The van der Waals surface area contributed by atoms with Crippen LogP contribution in [-0.2, 0) is 31.3 Å². The van der Waals surface area contributed by atoms with Crippen molar-refractivity contribution in [3.05, 3.63) is 266 Å². The summed E-state index contributed by atoms with van der Waals surface area (Å²) in [5.74, 6) is 1.07. The molecule has 0 amide bonds. The Morgan fingerprint density at radius 1 is 0.325 bits per heavy atom. The molecule has 2 unspecified atom stereocenters. The van der Waals surface area contributed by atoms with E-state index >= 15 is 0 Å². The van der Waals surface area contributed by atoms with Crippen LogP contribution in [-0.4, -0.2) is 44.9 Å². The molecule has 12 aromatic carbocycles. The predicted octanol–water partition coefficient (Wildman–Crippen LogP) is 17.1. The van der Waals surface area contributed by atoms with Crippen LogP contribution in [0.15, 0.2) is 265 Å². The Morgan fingerprint density at radius 3 is 0.963 bits per heavy atom. The zero-order valence-electron chi connectivity index (χ0n) is 44.1. The molecule has 1 aliphatic rings. The first kappa shape index (κ1) is 55.8. The molecule has 0 radical (unpaired) electrons. The van der Waals surface area contributed by atoms with Gasteiger partial charge in [-0.1, -0.05) is 231 Å². The van der Waals surface area contributed by atoms with Crippen LogP contribution in [0.3, 0.4) is 0 Å². The fourth-order valence-electron chi connectivity index (χ4n) is 10.9. The minimum atomic E-state index is -0.0958. The Bertz CT molecular complexity index is 3830. The molecule has 13 rings (SSSR count). The second-order valence-corrected chi connectivity index (χ2v) is 19.6. The molecular formula is C72H61HfN2O5+. The minimum Gasteiger partial charge on any atom is -0.508 e. The Kier molecular flexibility index (Phi) is 18.2. The third kappa shape index (κ3) is 12.2. The van der Waals surface area contributed by atoms with Crippen molar-refractivity contribution in [3.8, 4) is 67.5 Å². The van der Waals surface area contributed by atoms with Gasteiger partial charge >= 0.3 is 0 Å². The van der Waals surface area contributed by atoms with Crippen molar-refractivity contribution in [2.45, 2.75) is 37.8 Å². The van der Waals surface area contributed by atoms with Crippen LogP contribution in [0.4, 0.5) is 0 Å². The largest absolute Gasteiger partial charge is 0.508 e. The van der Waals surface area contributed by atoms with Gasteiger partial charge < -0.3 is 25.9 Å². The quantitative estimate of drug-likeness (QED) is 0.0684. The number of rotatable bonds is 8. The normalized spacial score (nSPS) is 13.9. The average molecular weight is 1210 g/mol. The number of para-hydroxylation sites is 2. The van der Waals surface area contributed by atoms with E-state index in [1.54, 1.807) is 48.5 Å². The third-order valence-corrected chi connectivity index (χ3v) is 14.6. The Hall–Kier alpha value is -8.95. The molecule has 0 spiro atoms. The molecule has 392 valence electrons. The molecule has 0 aliphatic heterocycles. The molecule has 1 fully saturated rings. The number of aromatic hydroxyl groups is 4. The SMILES string of the molecule is Oc1c(C=NC2CCCCC2N=Cc2cc3ccccc3c(-c3c(-c4ccccc4)ccc4ccccc34)c2O)cc2ccccc2c1-c1c(-c2ccccc2)ccc2ccccc12.Oc1ccccc1.Oc1ccccc1.[Hf].[OH3+]. The maximum atomic E-state index is 12.5. The van der Waals surface area contributed by atoms with Crippen LogP contribution in [0.25, 0.3) is 87.6 Å². The van der Waals surface area contributed by atoms with Crippen molar-refractivity contribution in [2.24, 2.45) is 9.98 Å². The number of hydrogen-bond acceptors (Lipinski definition) is 6. The van der Waals surface area contributed by atoms with E-state index in [9.17, 15) is 10.2 Å². The van der Waals surface area contributed by atoms with Gasteiger partial charge in [0.2, 0.25) is 0 Å². The second kappa shape index (κ2) is 26.1. The summed E-state index contributed by atoms with van der Waals surface area (Å²) in [6.07, 6.45) is 7.60. The van der Waals surface area contributed by atoms with Gasteiger partial charge in [-0.3, -0.25) is 9.98 Å². The first-order valence-electron chi connectivity index (χ1n) is 26.6. The number of hydrogen-bond donors (Lipinski definition) is 4. The van der Waals surface area contributed by atoms with Gasteiger partial charge in [-0.05, 0) is 115 Å². The monoisotopic (exact) mass is 1210 g/mol. The van der Waals surface area contributed by atoms with Crippen LogP contribution >= 0.6 is 0 Å². The Morgan fingerprint density at radius 2 is 0.625 bits per heavy atom. The van der Waals surface area contributed by atoms with Crippen LogP contribution < -0.4 is 0 Å². The molecule has 0 bridgehead atoms. The molecule has 12 aromatic rings. The van der Waals surface area contributed by atoms with Crippen molar-refractivity contribution >= 4 is 55.5 Å². The summed E-state index contributed by atoms with van der Waals surface area (Å²) < 4.78 is 0. The summed E-state index contributed by atoms with van der Waals surface area (Å²) in [5, 5.41) is 50.6. The van der Waals surface area contributed by atoms with Crippen molar-refractivity contribution < 1.29 is 51.7 Å². The van der Waals surface area contributed by atoms with Gasteiger partial charge in [0.05, 0.1) is 12.1 Å². The number of aliphatic imine (C=N–C) groups is 2. The first-order valence-corrected chi connectivity index (χ1v) is 26.6. The van der Waals surface area contributed by atoms with Gasteiger partial charge in [0.25, 0.3) is 0 Å². The minimum absolute atomic E-state index is 0. The van der Waals surface area contributed by atoms with E-state index in [0.29, 0.717) is 22.6 Å². The van der Waals surface area contributed by atoms with Crippen molar-refractivity contribution in [3.63, 3.8) is 0 Å². The van der Waals surface area contributed by atoms with Crippen molar-refractivity contribution in [2.75, 3.05) is 0 Å². The van der Waals surface area contributed by atoms with Crippen LogP contribution in [0.2, 0.25) is 0 Å². The molecule has 0 aromatic heterocycles.